The minimum atomic E-state index is -1.22. The van der Waals surface area contributed by atoms with Crippen LogP contribution in [0.5, 0.6) is 0 Å². The Hall–Kier alpha value is -5.86. The van der Waals surface area contributed by atoms with Gasteiger partial charge in [0.05, 0.1) is 0 Å². The Morgan fingerprint density at radius 3 is 1.96 bits per heavy atom. The van der Waals surface area contributed by atoms with Gasteiger partial charge in [-0.05, 0) is 102 Å². The van der Waals surface area contributed by atoms with Gasteiger partial charge in [0, 0.05) is 40.4 Å². The lowest BCUT2D eigenvalue weighted by atomic mass is 9.95. The number of benzene rings is 5. The number of rotatable bonds is 8. The van der Waals surface area contributed by atoms with Crippen molar-refractivity contribution in [1.82, 2.24) is 0 Å². The minimum Gasteiger partial charge on any atom is -0.477 e. The van der Waals surface area contributed by atoms with Gasteiger partial charge in [0.1, 0.15) is 11.6 Å². The van der Waals surface area contributed by atoms with Gasteiger partial charge in [-0.1, -0.05) is 85.3 Å². The van der Waals surface area contributed by atoms with Gasteiger partial charge in [-0.15, -0.1) is 0 Å². The monoisotopic (exact) mass is 599 g/mol. The van der Waals surface area contributed by atoms with Crippen LogP contribution in [-0.4, -0.2) is 17.1 Å². The SMILES string of the molecule is N#C/C(=C\c1ccc(/C=C/c2ccc3c(c2)C2CCCC2N3c2ccc(N(c3ccccc3)c3ccccc3)cc2)cc1)C(=O)O. The van der Waals surface area contributed by atoms with Crippen molar-refractivity contribution in [3.8, 4) is 6.07 Å². The number of hydrogen-bond acceptors (Lipinski definition) is 4. The van der Waals surface area contributed by atoms with Crippen LogP contribution in [0.3, 0.4) is 0 Å². The summed E-state index contributed by atoms with van der Waals surface area (Å²) in [6, 6.07) is 46.5. The molecule has 0 bridgehead atoms. The highest BCUT2D eigenvalue weighted by Gasteiger charge is 2.42. The second-order valence-electron chi connectivity index (χ2n) is 11.8. The number of nitriles is 1. The average molecular weight is 600 g/mol. The van der Waals surface area contributed by atoms with Crippen molar-refractivity contribution in [3.05, 3.63) is 155 Å². The van der Waals surface area contributed by atoms with E-state index in [2.05, 4.69) is 113 Å². The van der Waals surface area contributed by atoms with E-state index in [1.54, 1.807) is 6.07 Å². The number of carbonyl (C=O) groups is 1. The van der Waals surface area contributed by atoms with Crippen LogP contribution in [0.4, 0.5) is 28.4 Å². The van der Waals surface area contributed by atoms with Crippen molar-refractivity contribution in [2.24, 2.45) is 0 Å². The number of hydrogen-bond donors (Lipinski definition) is 1. The molecule has 224 valence electrons. The van der Waals surface area contributed by atoms with Crippen molar-refractivity contribution < 1.29 is 9.90 Å². The second kappa shape index (κ2) is 12.6. The molecule has 1 heterocycles. The molecule has 5 aromatic rings. The molecule has 1 N–H and O–H groups in total. The van der Waals surface area contributed by atoms with E-state index in [9.17, 15) is 4.79 Å². The fourth-order valence-electron chi connectivity index (χ4n) is 6.88. The van der Waals surface area contributed by atoms with Crippen molar-refractivity contribution >= 4 is 52.6 Å². The lowest BCUT2D eigenvalue weighted by Gasteiger charge is -2.29. The minimum absolute atomic E-state index is 0.280. The number of nitrogens with zero attached hydrogens (tertiary/aromatic N) is 3. The van der Waals surface area contributed by atoms with Crippen LogP contribution in [0, 0.1) is 11.3 Å². The van der Waals surface area contributed by atoms with E-state index in [1.165, 1.54) is 42.3 Å². The van der Waals surface area contributed by atoms with Crippen molar-refractivity contribution in [1.29, 1.82) is 5.26 Å². The van der Waals surface area contributed by atoms with E-state index in [1.807, 2.05) is 36.4 Å². The van der Waals surface area contributed by atoms with Crippen molar-refractivity contribution in [2.75, 3.05) is 9.80 Å². The fraction of sp³-hybridized carbons (Fsp3) is 0.122. The highest BCUT2D eigenvalue weighted by molar-refractivity contribution is 5.96. The summed E-state index contributed by atoms with van der Waals surface area (Å²) in [5, 5.41) is 18.1. The zero-order chi connectivity index (χ0) is 31.5. The van der Waals surface area contributed by atoms with Gasteiger partial charge in [-0.3, -0.25) is 0 Å². The molecule has 1 aliphatic carbocycles. The summed E-state index contributed by atoms with van der Waals surface area (Å²) in [5.74, 6) is -0.705. The molecule has 0 aromatic heterocycles. The topological polar surface area (TPSA) is 67.6 Å². The maximum absolute atomic E-state index is 11.1. The van der Waals surface area contributed by atoms with Crippen LogP contribution < -0.4 is 9.80 Å². The maximum atomic E-state index is 11.1. The Balaban J connectivity index is 1.14. The molecule has 2 atom stereocenters. The summed E-state index contributed by atoms with van der Waals surface area (Å²) >= 11 is 0. The maximum Gasteiger partial charge on any atom is 0.346 e. The molecule has 7 rings (SSSR count). The first-order chi connectivity index (χ1) is 22.6. The summed E-state index contributed by atoms with van der Waals surface area (Å²) < 4.78 is 0. The third-order valence-electron chi connectivity index (χ3n) is 9.00. The molecule has 1 saturated carbocycles. The van der Waals surface area contributed by atoms with E-state index in [4.69, 9.17) is 10.4 Å². The van der Waals surface area contributed by atoms with E-state index in [-0.39, 0.29) is 5.57 Å². The first-order valence-corrected chi connectivity index (χ1v) is 15.7. The Morgan fingerprint density at radius 1 is 0.739 bits per heavy atom. The standard InChI is InChI=1S/C41H33N3O2/c42-28-32(41(45)46)26-30-17-14-29(15-18-30)16-19-31-20-25-40-38(27-31)37-12-7-13-39(37)44(40)36-23-21-35(22-24-36)43(33-8-3-1-4-9-33)34-10-5-2-6-11-34/h1-6,8-11,14-27,37,39H,7,12-13H2,(H,45,46)/b19-16+,32-26+. The first kappa shape index (κ1) is 28.9. The number of aliphatic carboxylic acids is 1. The molecule has 2 unspecified atom stereocenters. The van der Waals surface area contributed by atoms with Crippen LogP contribution in [0.1, 0.15) is 47.4 Å². The van der Waals surface area contributed by atoms with Gasteiger partial charge in [0.25, 0.3) is 0 Å². The van der Waals surface area contributed by atoms with E-state index in [0.717, 1.165) is 28.2 Å². The van der Waals surface area contributed by atoms with Crippen LogP contribution in [0.25, 0.3) is 18.2 Å². The molecule has 5 heteroatoms. The number of carboxylic acid groups (broad SMARTS) is 1. The first-order valence-electron chi connectivity index (χ1n) is 15.7. The molecule has 1 fully saturated rings. The van der Waals surface area contributed by atoms with E-state index < -0.39 is 5.97 Å². The van der Waals surface area contributed by atoms with Crippen LogP contribution in [0.2, 0.25) is 0 Å². The Morgan fingerprint density at radius 2 is 1.33 bits per heavy atom. The molecule has 0 saturated heterocycles. The van der Waals surface area contributed by atoms with E-state index >= 15 is 0 Å². The lowest BCUT2D eigenvalue weighted by molar-refractivity contribution is -0.132. The van der Waals surface area contributed by atoms with E-state index in [0.29, 0.717) is 17.5 Å². The average Bonchev–Trinajstić information content (AvgIpc) is 3.69. The Kier molecular flexibility index (Phi) is 7.93. The number of fused-ring (bicyclic) bond motifs is 3. The summed E-state index contributed by atoms with van der Waals surface area (Å²) in [4.78, 5) is 16.0. The highest BCUT2D eigenvalue weighted by Crippen LogP contribution is 2.52. The molecule has 0 radical (unpaired) electrons. The predicted molar refractivity (Wildman–Crippen MR) is 187 cm³/mol. The number of para-hydroxylation sites is 2. The van der Waals surface area contributed by atoms with Crippen LogP contribution in [-0.2, 0) is 4.79 Å². The molecular weight excluding hydrogens is 566 g/mol. The molecule has 5 aromatic carbocycles. The second-order valence-corrected chi connectivity index (χ2v) is 11.8. The summed E-state index contributed by atoms with van der Waals surface area (Å²) in [6.45, 7) is 0. The van der Waals surface area contributed by atoms with Gasteiger partial charge in [-0.25, -0.2) is 4.79 Å². The van der Waals surface area contributed by atoms with Gasteiger partial charge in [-0.2, -0.15) is 5.26 Å². The predicted octanol–water partition coefficient (Wildman–Crippen LogP) is 10.1. The third kappa shape index (κ3) is 5.69. The lowest BCUT2D eigenvalue weighted by Crippen LogP contribution is -2.26. The van der Waals surface area contributed by atoms with Crippen LogP contribution >= 0.6 is 0 Å². The Labute approximate surface area is 269 Å². The molecule has 1 aliphatic heterocycles. The van der Waals surface area contributed by atoms with Crippen molar-refractivity contribution in [3.63, 3.8) is 0 Å². The fourth-order valence-corrected chi connectivity index (χ4v) is 6.88. The Bertz CT molecular complexity index is 1920. The van der Waals surface area contributed by atoms with Gasteiger partial charge < -0.3 is 14.9 Å². The summed E-state index contributed by atoms with van der Waals surface area (Å²) in [7, 11) is 0. The zero-order valence-corrected chi connectivity index (χ0v) is 25.3. The molecule has 46 heavy (non-hydrogen) atoms. The van der Waals surface area contributed by atoms with Gasteiger partial charge >= 0.3 is 5.97 Å². The van der Waals surface area contributed by atoms with Gasteiger partial charge in [0.2, 0.25) is 0 Å². The molecular formula is C41H33N3O2. The summed E-state index contributed by atoms with van der Waals surface area (Å²) in [6.07, 6.45) is 9.20. The summed E-state index contributed by atoms with van der Waals surface area (Å²) in [5.41, 5.74) is 9.89. The molecule has 0 amide bonds. The smallest absolute Gasteiger partial charge is 0.346 e. The number of anilines is 5. The quantitative estimate of drug-likeness (QED) is 0.109. The van der Waals surface area contributed by atoms with Crippen LogP contribution in [0.15, 0.2) is 133 Å². The van der Waals surface area contributed by atoms with Gasteiger partial charge in [0.15, 0.2) is 0 Å². The highest BCUT2D eigenvalue weighted by atomic mass is 16.4. The zero-order valence-electron chi connectivity index (χ0n) is 25.3. The molecule has 2 aliphatic rings. The third-order valence-corrected chi connectivity index (χ3v) is 9.00. The molecule has 5 nitrogen and oxygen atoms in total. The number of carboxylic acids is 1. The van der Waals surface area contributed by atoms with Crippen molar-refractivity contribution in [2.45, 2.75) is 31.2 Å². The largest absolute Gasteiger partial charge is 0.477 e. The molecule has 0 spiro atoms. The normalized spacial score (nSPS) is 17.0.